The van der Waals surface area contributed by atoms with Crippen molar-refractivity contribution >= 4 is 11.8 Å². The number of hydrogen-bond acceptors (Lipinski definition) is 3. The molecule has 3 heteroatoms. The highest BCUT2D eigenvalue weighted by molar-refractivity contribution is 7.99. The lowest BCUT2D eigenvalue weighted by atomic mass is 9.85. The van der Waals surface area contributed by atoms with Gasteiger partial charge < -0.3 is 10.6 Å². The molecule has 84 valence electrons. The van der Waals surface area contributed by atoms with Gasteiger partial charge in [-0.15, -0.1) is 0 Å². The van der Waals surface area contributed by atoms with Crippen molar-refractivity contribution in [2.24, 2.45) is 11.1 Å². The Bertz CT molecular complexity index is 159. The molecule has 1 rings (SSSR count). The minimum atomic E-state index is 0.255. The molecule has 2 N–H and O–H groups in total. The first-order valence-corrected chi connectivity index (χ1v) is 6.71. The maximum absolute atomic E-state index is 6.14. The van der Waals surface area contributed by atoms with Crippen LogP contribution in [0.25, 0.3) is 0 Å². The van der Waals surface area contributed by atoms with Crippen LogP contribution in [-0.2, 0) is 0 Å². The van der Waals surface area contributed by atoms with Gasteiger partial charge in [-0.05, 0) is 18.4 Å². The second kappa shape index (κ2) is 5.38. The molecule has 1 atom stereocenters. The van der Waals surface area contributed by atoms with E-state index in [1.54, 1.807) is 0 Å². The maximum Gasteiger partial charge on any atom is 0.00998 e. The summed E-state index contributed by atoms with van der Waals surface area (Å²) in [7, 11) is 0. The fourth-order valence-corrected chi connectivity index (χ4v) is 2.56. The molecule has 1 heterocycles. The van der Waals surface area contributed by atoms with Gasteiger partial charge in [0.1, 0.15) is 0 Å². The van der Waals surface area contributed by atoms with E-state index in [-0.39, 0.29) is 5.41 Å². The number of rotatable bonds is 3. The molecule has 0 aliphatic carbocycles. The smallest absolute Gasteiger partial charge is 0.00998 e. The van der Waals surface area contributed by atoms with Gasteiger partial charge >= 0.3 is 0 Å². The van der Waals surface area contributed by atoms with Gasteiger partial charge in [0.15, 0.2) is 0 Å². The third-order valence-electron chi connectivity index (χ3n) is 2.97. The van der Waals surface area contributed by atoms with Crippen LogP contribution in [0.2, 0.25) is 0 Å². The standard InChI is InChI=1S/C11H24N2S/c1-11(2,3)10(12)4-5-13-6-8-14-9-7-13/h10H,4-9,12H2,1-3H3. The van der Waals surface area contributed by atoms with Crippen LogP contribution in [0.15, 0.2) is 0 Å². The molecule has 14 heavy (non-hydrogen) atoms. The van der Waals surface area contributed by atoms with Crippen LogP contribution in [0.5, 0.6) is 0 Å². The molecule has 0 aromatic carbocycles. The van der Waals surface area contributed by atoms with Gasteiger partial charge in [0.25, 0.3) is 0 Å². The van der Waals surface area contributed by atoms with E-state index in [9.17, 15) is 0 Å². The third-order valence-corrected chi connectivity index (χ3v) is 3.91. The van der Waals surface area contributed by atoms with Gasteiger partial charge in [0.2, 0.25) is 0 Å². The molecule has 2 nitrogen and oxygen atoms in total. The molecule has 0 aromatic rings. The fourth-order valence-electron chi connectivity index (χ4n) is 1.58. The molecule has 1 fully saturated rings. The van der Waals surface area contributed by atoms with Crippen molar-refractivity contribution in [3.63, 3.8) is 0 Å². The Hall–Kier alpha value is 0.270. The molecule has 1 aliphatic heterocycles. The first kappa shape index (κ1) is 12.3. The molecule has 1 aliphatic rings. The number of nitrogens with zero attached hydrogens (tertiary/aromatic N) is 1. The maximum atomic E-state index is 6.14. The largest absolute Gasteiger partial charge is 0.327 e. The monoisotopic (exact) mass is 216 g/mol. The Labute approximate surface area is 92.6 Å². The quantitative estimate of drug-likeness (QED) is 0.780. The number of thioether (sulfide) groups is 1. The number of hydrogen-bond donors (Lipinski definition) is 1. The zero-order chi connectivity index (χ0) is 10.6. The molecular weight excluding hydrogens is 192 g/mol. The summed E-state index contributed by atoms with van der Waals surface area (Å²) in [6, 6.07) is 0.331. The summed E-state index contributed by atoms with van der Waals surface area (Å²) >= 11 is 2.07. The molecule has 0 radical (unpaired) electrons. The summed E-state index contributed by atoms with van der Waals surface area (Å²) < 4.78 is 0. The molecule has 0 bridgehead atoms. The van der Waals surface area contributed by atoms with Gasteiger partial charge in [-0.2, -0.15) is 11.8 Å². The summed E-state index contributed by atoms with van der Waals surface area (Å²) in [5.74, 6) is 2.59. The van der Waals surface area contributed by atoms with Gasteiger partial charge in [-0.1, -0.05) is 20.8 Å². The Morgan fingerprint density at radius 1 is 1.29 bits per heavy atom. The zero-order valence-corrected chi connectivity index (χ0v) is 10.6. The SMILES string of the molecule is CC(C)(C)C(N)CCN1CCSCC1. The van der Waals surface area contributed by atoms with Crippen LogP contribution in [0.4, 0.5) is 0 Å². The summed E-state index contributed by atoms with van der Waals surface area (Å²) in [4.78, 5) is 2.54. The zero-order valence-electron chi connectivity index (χ0n) is 9.75. The fraction of sp³-hybridized carbons (Fsp3) is 1.00. The molecule has 0 spiro atoms. The Balaban J connectivity index is 2.19. The van der Waals surface area contributed by atoms with Crippen molar-refractivity contribution in [2.75, 3.05) is 31.1 Å². The van der Waals surface area contributed by atoms with Gasteiger partial charge in [-0.25, -0.2) is 0 Å². The highest BCUT2D eigenvalue weighted by Gasteiger charge is 2.21. The molecular formula is C11H24N2S. The van der Waals surface area contributed by atoms with Crippen molar-refractivity contribution in [3.8, 4) is 0 Å². The highest BCUT2D eigenvalue weighted by Crippen LogP contribution is 2.20. The van der Waals surface area contributed by atoms with E-state index in [0.717, 1.165) is 6.42 Å². The van der Waals surface area contributed by atoms with E-state index in [1.165, 1.54) is 31.1 Å². The average molecular weight is 216 g/mol. The minimum Gasteiger partial charge on any atom is -0.327 e. The minimum absolute atomic E-state index is 0.255. The van der Waals surface area contributed by atoms with Crippen LogP contribution < -0.4 is 5.73 Å². The van der Waals surface area contributed by atoms with E-state index in [2.05, 4.69) is 37.4 Å². The predicted molar refractivity (Wildman–Crippen MR) is 65.8 cm³/mol. The molecule has 0 saturated carbocycles. The van der Waals surface area contributed by atoms with Crippen LogP contribution in [0.3, 0.4) is 0 Å². The Morgan fingerprint density at radius 2 is 1.86 bits per heavy atom. The second-order valence-corrected chi connectivity index (χ2v) is 6.44. The number of nitrogens with two attached hydrogens (primary N) is 1. The Kier molecular flexibility index (Phi) is 4.74. The third kappa shape index (κ3) is 4.20. The molecule has 1 saturated heterocycles. The Morgan fingerprint density at radius 3 is 2.36 bits per heavy atom. The van der Waals surface area contributed by atoms with Crippen LogP contribution in [0, 0.1) is 5.41 Å². The predicted octanol–water partition coefficient (Wildman–Crippen LogP) is 1.80. The lowest BCUT2D eigenvalue weighted by Crippen LogP contribution is -2.40. The lowest BCUT2D eigenvalue weighted by Gasteiger charge is -2.31. The van der Waals surface area contributed by atoms with E-state index < -0.39 is 0 Å². The first-order chi connectivity index (χ1) is 6.50. The van der Waals surface area contributed by atoms with Crippen molar-refractivity contribution in [1.82, 2.24) is 4.90 Å². The molecule has 1 unspecified atom stereocenters. The van der Waals surface area contributed by atoms with E-state index in [0.29, 0.717) is 6.04 Å². The van der Waals surface area contributed by atoms with Gasteiger partial charge in [-0.3, -0.25) is 0 Å². The van der Waals surface area contributed by atoms with E-state index >= 15 is 0 Å². The summed E-state index contributed by atoms with van der Waals surface area (Å²) in [6.45, 7) is 10.4. The van der Waals surface area contributed by atoms with E-state index in [1.807, 2.05) is 0 Å². The topological polar surface area (TPSA) is 29.3 Å². The lowest BCUT2D eigenvalue weighted by molar-refractivity contribution is 0.241. The van der Waals surface area contributed by atoms with Crippen LogP contribution in [0.1, 0.15) is 27.2 Å². The average Bonchev–Trinajstić information content (AvgIpc) is 2.14. The van der Waals surface area contributed by atoms with Crippen molar-refractivity contribution in [3.05, 3.63) is 0 Å². The highest BCUT2D eigenvalue weighted by atomic mass is 32.2. The summed E-state index contributed by atoms with van der Waals surface area (Å²) in [5.41, 5.74) is 6.39. The van der Waals surface area contributed by atoms with Gasteiger partial charge in [0, 0.05) is 30.6 Å². The molecule has 0 aromatic heterocycles. The normalized spacial score (nSPS) is 22.3. The van der Waals surface area contributed by atoms with Crippen LogP contribution >= 0.6 is 11.8 Å². The van der Waals surface area contributed by atoms with Crippen molar-refractivity contribution in [2.45, 2.75) is 33.2 Å². The van der Waals surface area contributed by atoms with Crippen molar-refractivity contribution < 1.29 is 0 Å². The summed E-state index contributed by atoms with van der Waals surface area (Å²) in [6.07, 6.45) is 1.13. The second-order valence-electron chi connectivity index (χ2n) is 5.22. The first-order valence-electron chi connectivity index (χ1n) is 5.56. The summed E-state index contributed by atoms with van der Waals surface area (Å²) in [5, 5.41) is 0. The van der Waals surface area contributed by atoms with Crippen molar-refractivity contribution in [1.29, 1.82) is 0 Å². The molecule has 0 amide bonds. The van der Waals surface area contributed by atoms with Crippen LogP contribution in [-0.4, -0.2) is 42.1 Å². The van der Waals surface area contributed by atoms with Gasteiger partial charge in [0.05, 0.1) is 0 Å². The van der Waals surface area contributed by atoms with E-state index in [4.69, 9.17) is 5.73 Å².